The molecule has 5 nitrogen and oxygen atoms in total. The molecule has 0 aliphatic carbocycles. The number of halogens is 2. The monoisotopic (exact) mass is 351 g/mol. The Morgan fingerprint density at radius 1 is 1.29 bits per heavy atom. The first-order valence-electron chi connectivity index (χ1n) is 7.31. The van der Waals surface area contributed by atoms with Crippen LogP contribution in [0.2, 0.25) is 5.02 Å². The molecular formula is C17H15ClFNO4. The second-order valence-electron chi connectivity index (χ2n) is 5.24. The number of hydrogen-bond acceptors (Lipinski definition) is 4. The summed E-state index contributed by atoms with van der Waals surface area (Å²) in [6.45, 7) is 2.13. The number of hydrogen-bond donors (Lipinski definition) is 1. The van der Waals surface area contributed by atoms with Crippen LogP contribution in [0.1, 0.15) is 12.5 Å². The third-order valence-corrected chi connectivity index (χ3v) is 3.77. The van der Waals surface area contributed by atoms with Crippen LogP contribution in [0.25, 0.3) is 0 Å². The first-order valence-corrected chi connectivity index (χ1v) is 7.68. The third kappa shape index (κ3) is 3.71. The third-order valence-electron chi connectivity index (χ3n) is 3.48. The van der Waals surface area contributed by atoms with Crippen LogP contribution in [-0.2, 0) is 11.3 Å². The molecule has 0 unspecified atom stereocenters. The number of fused-ring (bicyclic) bond motifs is 1. The molecule has 2 aromatic rings. The van der Waals surface area contributed by atoms with E-state index in [1.54, 1.807) is 13.0 Å². The highest BCUT2D eigenvalue weighted by Crippen LogP contribution is 2.32. The van der Waals surface area contributed by atoms with Crippen molar-refractivity contribution in [3.63, 3.8) is 0 Å². The summed E-state index contributed by atoms with van der Waals surface area (Å²) in [5, 5.41) is 2.71. The molecule has 3 rings (SSSR count). The van der Waals surface area contributed by atoms with Crippen LogP contribution < -0.4 is 19.5 Å². The van der Waals surface area contributed by atoms with Gasteiger partial charge in [-0.2, -0.15) is 0 Å². The van der Waals surface area contributed by atoms with Crippen molar-refractivity contribution < 1.29 is 23.4 Å². The number of rotatable bonds is 5. The lowest BCUT2D eigenvalue weighted by Crippen LogP contribution is -2.35. The van der Waals surface area contributed by atoms with Gasteiger partial charge in [-0.1, -0.05) is 17.7 Å². The SMILES string of the molecule is C[C@@H](Oc1ccc(F)c(Cl)c1)C(=O)NCc1ccc2c(c1)OCO2. The molecule has 0 radical (unpaired) electrons. The minimum absolute atomic E-state index is 0.0551. The Morgan fingerprint density at radius 3 is 2.88 bits per heavy atom. The highest BCUT2D eigenvalue weighted by atomic mass is 35.5. The van der Waals surface area contributed by atoms with Crippen molar-refractivity contribution in [1.82, 2.24) is 5.32 Å². The molecule has 1 N–H and O–H groups in total. The molecule has 1 aliphatic rings. The molecule has 1 atom stereocenters. The molecule has 0 spiro atoms. The van der Waals surface area contributed by atoms with E-state index in [1.807, 2.05) is 12.1 Å². The number of amides is 1. The Morgan fingerprint density at radius 2 is 2.08 bits per heavy atom. The van der Waals surface area contributed by atoms with Gasteiger partial charge in [0, 0.05) is 12.6 Å². The summed E-state index contributed by atoms with van der Waals surface area (Å²) >= 11 is 5.69. The molecule has 1 heterocycles. The van der Waals surface area contributed by atoms with Gasteiger partial charge >= 0.3 is 0 Å². The summed E-state index contributed by atoms with van der Waals surface area (Å²) in [5.74, 6) is 0.839. The van der Waals surface area contributed by atoms with Gasteiger partial charge in [0.2, 0.25) is 6.79 Å². The standard InChI is InChI=1S/C17H15ClFNO4/c1-10(24-12-3-4-14(19)13(18)7-12)17(21)20-8-11-2-5-15-16(6-11)23-9-22-15/h2-7,10H,8-9H2,1H3,(H,20,21)/t10-/m1/s1. The molecule has 0 saturated carbocycles. The van der Waals surface area contributed by atoms with E-state index in [2.05, 4.69) is 5.32 Å². The highest BCUT2D eigenvalue weighted by Gasteiger charge is 2.17. The number of nitrogens with one attached hydrogen (secondary N) is 1. The molecule has 2 aromatic carbocycles. The summed E-state index contributed by atoms with van der Waals surface area (Å²) in [4.78, 5) is 12.1. The Bertz CT molecular complexity index is 768. The van der Waals surface area contributed by atoms with Gasteiger partial charge < -0.3 is 19.5 Å². The Hall–Kier alpha value is -2.47. The molecular weight excluding hydrogens is 337 g/mol. The van der Waals surface area contributed by atoms with E-state index in [1.165, 1.54) is 18.2 Å². The lowest BCUT2D eigenvalue weighted by Gasteiger charge is -2.15. The van der Waals surface area contributed by atoms with Crippen molar-refractivity contribution >= 4 is 17.5 Å². The Labute approximate surface area is 143 Å². The summed E-state index contributed by atoms with van der Waals surface area (Å²) in [6.07, 6.45) is -0.750. The second-order valence-corrected chi connectivity index (χ2v) is 5.65. The van der Waals surface area contributed by atoms with Gasteiger partial charge in [0.1, 0.15) is 11.6 Å². The quantitative estimate of drug-likeness (QED) is 0.898. The topological polar surface area (TPSA) is 56.8 Å². The number of ether oxygens (including phenoxy) is 3. The Balaban J connectivity index is 1.55. The van der Waals surface area contributed by atoms with E-state index in [0.717, 1.165) is 5.56 Å². The summed E-state index contributed by atoms with van der Waals surface area (Å²) < 4.78 is 29.1. The normalized spacial score (nSPS) is 13.5. The molecule has 126 valence electrons. The van der Waals surface area contributed by atoms with Crippen LogP contribution in [-0.4, -0.2) is 18.8 Å². The fraction of sp³-hybridized carbons (Fsp3) is 0.235. The maximum Gasteiger partial charge on any atom is 0.261 e. The first-order chi connectivity index (χ1) is 11.5. The number of carbonyl (C=O) groups excluding carboxylic acids is 1. The molecule has 0 bridgehead atoms. The summed E-state index contributed by atoms with van der Waals surface area (Å²) in [5.41, 5.74) is 0.879. The van der Waals surface area contributed by atoms with E-state index < -0.39 is 11.9 Å². The predicted molar refractivity (Wildman–Crippen MR) is 85.9 cm³/mol. The van der Waals surface area contributed by atoms with Crippen molar-refractivity contribution in [1.29, 1.82) is 0 Å². The summed E-state index contributed by atoms with van der Waals surface area (Å²) in [6, 6.07) is 9.40. The van der Waals surface area contributed by atoms with Gasteiger partial charge in [-0.25, -0.2) is 4.39 Å². The lowest BCUT2D eigenvalue weighted by molar-refractivity contribution is -0.127. The van der Waals surface area contributed by atoms with Crippen LogP contribution in [0.3, 0.4) is 0 Å². The molecule has 1 aliphatic heterocycles. The lowest BCUT2D eigenvalue weighted by atomic mass is 10.2. The van der Waals surface area contributed by atoms with E-state index in [4.69, 9.17) is 25.8 Å². The van der Waals surface area contributed by atoms with Gasteiger partial charge in [-0.3, -0.25) is 4.79 Å². The largest absolute Gasteiger partial charge is 0.481 e. The fourth-order valence-corrected chi connectivity index (χ4v) is 2.36. The van der Waals surface area contributed by atoms with E-state index >= 15 is 0 Å². The van der Waals surface area contributed by atoms with Gasteiger partial charge in [-0.15, -0.1) is 0 Å². The van der Waals surface area contributed by atoms with Gasteiger partial charge in [0.25, 0.3) is 5.91 Å². The van der Waals surface area contributed by atoms with Gasteiger partial charge in [0.05, 0.1) is 5.02 Å². The molecule has 0 saturated heterocycles. The van der Waals surface area contributed by atoms with Gasteiger partial charge in [-0.05, 0) is 36.8 Å². The zero-order valence-electron chi connectivity index (χ0n) is 12.8. The highest BCUT2D eigenvalue weighted by molar-refractivity contribution is 6.30. The zero-order valence-corrected chi connectivity index (χ0v) is 13.6. The Kier molecular flexibility index (Phi) is 4.76. The fourth-order valence-electron chi connectivity index (χ4n) is 2.19. The minimum Gasteiger partial charge on any atom is -0.481 e. The van der Waals surface area contributed by atoms with E-state index in [-0.39, 0.29) is 17.7 Å². The van der Waals surface area contributed by atoms with Crippen LogP contribution in [0, 0.1) is 5.82 Å². The van der Waals surface area contributed by atoms with Crippen molar-refractivity contribution in [2.75, 3.05) is 6.79 Å². The maximum absolute atomic E-state index is 13.1. The van der Waals surface area contributed by atoms with Crippen LogP contribution in [0.4, 0.5) is 4.39 Å². The maximum atomic E-state index is 13.1. The average molecular weight is 352 g/mol. The first kappa shape index (κ1) is 16.4. The molecule has 24 heavy (non-hydrogen) atoms. The van der Waals surface area contributed by atoms with Crippen LogP contribution >= 0.6 is 11.6 Å². The molecule has 1 amide bonds. The smallest absolute Gasteiger partial charge is 0.261 e. The van der Waals surface area contributed by atoms with Crippen molar-refractivity contribution in [2.24, 2.45) is 0 Å². The number of carbonyl (C=O) groups is 1. The molecule has 7 heteroatoms. The van der Waals surface area contributed by atoms with E-state index in [9.17, 15) is 9.18 Å². The number of benzene rings is 2. The average Bonchev–Trinajstić information content (AvgIpc) is 3.03. The minimum atomic E-state index is -0.750. The van der Waals surface area contributed by atoms with Crippen molar-refractivity contribution in [3.8, 4) is 17.2 Å². The van der Waals surface area contributed by atoms with Crippen molar-refractivity contribution in [2.45, 2.75) is 19.6 Å². The van der Waals surface area contributed by atoms with Gasteiger partial charge in [0.15, 0.2) is 17.6 Å². The zero-order chi connectivity index (χ0) is 17.1. The van der Waals surface area contributed by atoms with Crippen LogP contribution in [0.5, 0.6) is 17.2 Å². The molecule has 0 fully saturated rings. The predicted octanol–water partition coefficient (Wildman–Crippen LogP) is 3.29. The van der Waals surface area contributed by atoms with Crippen LogP contribution in [0.15, 0.2) is 36.4 Å². The van der Waals surface area contributed by atoms with Crippen molar-refractivity contribution in [3.05, 3.63) is 52.8 Å². The molecule has 0 aromatic heterocycles. The summed E-state index contributed by atoms with van der Waals surface area (Å²) in [7, 11) is 0. The van der Waals surface area contributed by atoms with E-state index in [0.29, 0.717) is 23.8 Å². The second kappa shape index (κ2) is 6.97.